The number of aromatic hydroxyl groups is 1. The summed E-state index contributed by atoms with van der Waals surface area (Å²) < 4.78 is 0. The van der Waals surface area contributed by atoms with Gasteiger partial charge in [-0.2, -0.15) is 0 Å². The number of likely N-dealkylation sites (tertiary alicyclic amines) is 1. The highest BCUT2D eigenvalue weighted by atomic mass is 16.3. The Morgan fingerprint density at radius 2 is 2.09 bits per heavy atom. The second-order valence-electron chi connectivity index (χ2n) is 6.78. The highest BCUT2D eigenvalue weighted by molar-refractivity contribution is 5.29. The molecule has 2 atom stereocenters. The third-order valence-electron chi connectivity index (χ3n) is 5.14. The summed E-state index contributed by atoms with van der Waals surface area (Å²) in [7, 11) is 0. The van der Waals surface area contributed by atoms with Crippen molar-refractivity contribution in [3.05, 3.63) is 57.3 Å². The van der Waals surface area contributed by atoms with Gasteiger partial charge in [0, 0.05) is 31.1 Å². The van der Waals surface area contributed by atoms with Crippen LogP contribution in [-0.2, 0) is 13.0 Å². The van der Waals surface area contributed by atoms with Crippen molar-refractivity contribution in [3.8, 4) is 5.75 Å². The molecule has 120 valence electrons. The van der Waals surface area contributed by atoms with Gasteiger partial charge in [0.25, 0.3) is 5.56 Å². The van der Waals surface area contributed by atoms with E-state index < -0.39 is 0 Å². The van der Waals surface area contributed by atoms with E-state index in [2.05, 4.69) is 14.9 Å². The van der Waals surface area contributed by atoms with Gasteiger partial charge in [-0.05, 0) is 43.4 Å². The third-order valence-corrected chi connectivity index (χ3v) is 5.14. The zero-order valence-electron chi connectivity index (χ0n) is 13.2. The largest absolute Gasteiger partial charge is 0.508 e. The summed E-state index contributed by atoms with van der Waals surface area (Å²) in [5.41, 5.74) is 3.17. The van der Waals surface area contributed by atoms with E-state index in [4.69, 9.17) is 0 Å². The molecule has 0 amide bonds. The van der Waals surface area contributed by atoms with Crippen LogP contribution in [0.2, 0.25) is 0 Å². The Kier molecular flexibility index (Phi) is 3.45. The van der Waals surface area contributed by atoms with Gasteiger partial charge in [0.1, 0.15) is 11.6 Å². The molecule has 1 aliphatic carbocycles. The molecule has 1 fully saturated rings. The molecule has 5 heteroatoms. The second kappa shape index (κ2) is 5.49. The molecular formula is C18H21N3O2. The zero-order chi connectivity index (χ0) is 16.0. The van der Waals surface area contributed by atoms with Crippen molar-refractivity contribution < 1.29 is 5.11 Å². The van der Waals surface area contributed by atoms with E-state index in [1.165, 1.54) is 5.56 Å². The van der Waals surface area contributed by atoms with Crippen molar-refractivity contribution in [1.82, 2.24) is 14.9 Å². The molecule has 2 N–H and O–H groups in total. The van der Waals surface area contributed by atoms with Crippen molar-refractivity contribution in [1.29, 1.82) is 0 Å². The van der Waals surface area contributed by atoms with E-state index in [-0.39, 0.29) is 5.56 Å². The number of aromatic amines is 1. The number of hydrogen-bond donors (Lipinski definition) is 2. The Labute approximate surface area is 135 Å². The number of phenolic OH excluding ortho intramolecular Hbond substituents is 1. The monoisotopic (exact) mass is 311 g/mol. The summed E-state index contributed by atoms with van der Waals surface area (Å²) in [5, 5.41) is 9.39. The first-order valence-electron chi connectivity index (χ1n) is 8.20. The molecule has 1 saturated heterocycles. The fraction of sp³-hybridized carbons (Fsp3) is 0.444. The first kappa shape index (κ1) is 14.5. The van der Waals surface area contributed by atoms with Gasteiger partial charge < -0.3 is 10.1 Å². The maximum atomic E-state index is 12.1. The molecule has 5 nitrogen and oxygen atoms in total. The predicted octanol–water partition coefficient (Wildman–Crippen LogP) is 1.95. The summed E-state index contributed by atoms with van der Waals surface area (Å²) in [5.74, 6) is 1.98. The van der Waals surface area contributed by atoms with Gasteiger partial charge in [-0.1, -0.05) is 12.1 Å². The van der Waals surface area contributed by atoms with Crippen molar-refractivity contribution in [3.63, 3.8) is 0 Å². The van der Waals surface area contributed by atoms with Crippen LogP contribution in [0.25, 0.3) is 0 Å². The fourth-order valence-corrected chi connectivity index (χ4v) is 4.06. The molecule has 1 aliphatic heterocycles. The van der Waals surface area contributed by atoms with Crippen LogP contribution in [0.1, 0.15) is 35.0 Å². The Balaban J connectivity index is 1.57. The average Bonchev–Trinajstić information content (AvgIpc) is 2.92. The lowest BCUT2D eigenvalue weighted by molar-refractivity contribution is 0.313. The van der Waals surface area contributed by atoms with Crippen LogP contribution in [-0.4, -0.2) is 33.1 Å². The molecule has 0 radical (unpaired) electrons. The zero-order valence-corrected chi connectivity index (χ0v) is 13.2. The highest BCUT2D eigenvalue weighted by Crippen LogP contribution is 2.39. The molecule has 23 heavy (non-hydrogen) atoms. The fourth-order valence-electron chi connectivity index (χ4n) is 4.06. The molecule has 0 bridgehead atoms. The summed E-state index contributed by atoms with van der Waals surface area (Å²) >= 11 is 0. The molecule has 0 spiro atoms. The summed E-state index contributed by atoms with van der Waals surface area (Å²) in [6, 6.07) is 7.41. The Bertz CT molecular complexity index is 782. The van der Waals surface area contributed by atoms with Crippen LogP contribution in [0.3, 0.4) is 0 Å². The van der Waals surface area contributed by atoms with E-state index in [0.29, 0.717) is 23.4 Å². The molecule has 1 aromatic carbocycles. The first-order valence-corrected chi connectivity index (χ1v) is 8.20. The summed E-state index contributed by atoms with van der Waals surface area (Å²) in [6.07, 6.45) is 1.91. The number of phenols is 1. The summed E-state index contributed by atoms with van der Waals surface area (Å²) in [6.45, 7) is 4.74. The average molecular weight is 311 g/mol. The normalized spacial score (nSPS) is 23.5. The minimum absolute atomic E-state index is 0.0444. The number of nitrogens with one attached hydrogen (secondary N) is 1. The van der Waals surface area contributed by atoms with Crippen molar-refractivity contribution >= 4 is 0 Å². The number of rotatable bonds is 2. The number of H-pyrrole nitrogens is 1. The Morgan fingerprint density at radius 3 is 2.87 bits per heavy atom. The minimum Gasteiger partial charge on any atom is -0.508 e. The highest BCUT2D eigenvalue weighted by Gasteiger charge is 2.39. The molecule has 1 aromatic heterocycles. The van der Waals surface area contributed by atoms with E-state index in [1.807, 2.05) is 19.1 Å². The number of aryl methyl sites for hydroxylation is 1. The van der Waals surface area contributed by atoms with E-state index >= 15 is 0 Å². The Hall–Kier alpha value is -2.14. The van der Waals surface area contributed by atoms with Gasteiger partial charge in [-0.15, -0.1) is 0 Å². The molecule has 2 heterocycles. The predicted molar refractivity (Wildman–Crippen MR) is 87.5 cm³/mol. The van der Waals surface area contributed by atoms with Gasteiger partial charge >= 0.3 is 0 Å². The maximum absolute atomic E-state index is 12.1. The van der Waals surface area contributed by atoms with Crippen molar-refractivity contribution in [2.24, 2.45) is 5.92 Å². The number of hydrogen-bond acceptors (Lipinski definition) is 4. The molecule has 2 aliphatic rings. The maximum Gasteiger partial charge on any atom is 0.254 e. The smallest absolute Gasteiger partial charge is 0.254 e. The van der Waals surface area contributed by atoms with Gasteiger partial charge in [-0.25, -0.2) is 4.98 Å². The van der Waals surface area contributed by atoms with Crippen molar-refractivity contribution in [2.45, 2.75) is 32.2 Å². The number of benzene rings is 1. The van der Waals surface area contributed by atoms with Crippen molar-refractivity contribution in [2.75, 3.05) is 13.1 Å². The molecule has 2 aromatic rings. The number of fused-ring (bicyclic) bond motifs is 3. The lowest BCUT2D eigenvalue weighted by Gasteiger charge is -2.25. The molecular weight excluding hydrogens is 290 g/mol. The van der Waals surface area contributed by atoms with Crippen LogP contribution < -0.4 is 5.56 Å². The van der Waals surface area contributed by atoms with Gasteiger partial charge in [-0.3, -0.25) is 9.69 Å². The van der Waals surface area contributed by atoms with Gasteiger partial charge in [0.05, 0.1) is 5.69 Å². The third kappa shape index (κ3) is 2.65. The topological polar surface area (TPSA) is 69.2 Å². The lowest BCUT2D eigenvalue weighted by Crippen LogP contribution is -2.28. The number of nitrogens with zero attached hydrogens (tertiary/aromatic N) is 2. The van der Waals surface area contributed by atoms with Crippen LogP contribution in [0, 0.1) is 12.8 Å². The second-order valence-corrected chi connectivity index (χ2v) is 6.78. The lowest BCUT2D eigenvalue weighted by atomic mass is 9.80. The minimum atomic E-state index is 0.0444. The quantitative estimate of drug-likeness (QED) is 0.889. The standard InChI is InChI=1S/C18H21N3O2/c1-11-19-17-15(18(23)20-11)7-4-13-9-21(10-16(13)17)8-12-2-5-14(22)6-3-12/h2-3,5-6,13,16,22H,4,7-10H2,1H3,(H,19,20,23)/t13-,16+/m1/s1. The molecule has 4 rings (SSSR count). The Morgan fingerprint density at radius 1 is 1.30 bits per heavy atom. The van der Waals surface area contributed by atoms with Gasteiger partial charge in [0.15, 0.2) is 0 Å². The van der Waals surface area contributed by atoms with Crippen LogP contribution in [0.4, 0.5) is 0 Å². The summed E-state index contributed by atoms with van der Waals surface area (Å²) in [4.78, 5) is 22.1. The van der Waals surface area contributed by atoms with Crippen LogP contribution >= 0.6 is 0 Å². The SMILES string of the molecule is Cc1nc2c(c(=O)[nH]1)CC[C@@H]1CN(Cc3ccc(O)cc3)C[C@H]21. The van der Waals surface area contributed by atoms with Gasteiger partial charge in [0.2, 0.25) is 0 Å². The van der Waals surface area contributed by atoms with E-state index in [0.717, 1.165) is 43.7 Å². The first-order chi connectivity index (χ1) is 11.1. The van der Waals surface area contributed by atoms with Crippen LogP contribution in [0.15, 0.2) is 29.1 Å². The molecule has 0 saturated carbocycles. The van der Waals surface area contributed by atoms with E-state index in [9.17, 15) is 9.90 Å². The van der Waals surface area contributed by atoms with E-state index in [1.54, 1.807) is 12.1 Å². The van der Waals surface area contributed by atoms with Crippen LogP contribution in [0.5, 0.6) is 5.75 Å². The molecule has 0 unspecified atom stereocenters. The number of aromatic nitrogens is 2.